The van der Waals surface area contributed by atoms with Crippen molar-refractivity contribution in [1.29, 1.82) is 0 Å². The first-order valence-corrected chi connectivity index (χ1v) is 14.1. The number of aliphatic hydroxyl groups is 1. The molecule has 0 saturated heterocycles. The third-order valence-electron chi connectivity index (χ3n) is 6.45. The van der Waals surface area contributed by atoms with E-state index in [1.54, 1.807) is 0 Å². The summed E-state index contributed by atoms with van der Waals surface area (Å²) in [6, 6.07) is 0. The van der Waals surface area contributed by atoms with Gasteiger partial charge in [-0.1, -0.05) is 143 Å². The van der Waals surface area contributed by atoms with Crippen LogP contribution in [0, 0.1) is 0 Å². The number of rotatable bonds is 25. The summed E-state index contributed by atoms with van der Waals surface area (Å²) in [5, 5.41) is 10.7. The zero-order valence-electron chi connectivity index (χ0n) is 21.3. The fourth-order valence-corrected chi connectivity index (χ4v) is 4.29. The van der Waals surface area contributed by atoms with Gasteiger partial charge in [0.15, 0.2) is 0 Å². The van der Waals surface area contributed by atoms with Crippen molar-refractivity contribution in [3.8, 4) is 0 Å². The molecule has 0 radical (unpaired) electrons. The predicted octanol–water partition coefficient (Wildman–Crippen LogP) is 9.37. The van der Waals surface area contributed by atoms with E-state index in [-0.39, 0.29) is 12.2 Å². The van der Waals surface area contributed by atoms with Gasteiger partial charge in [0.05, 0.1) is 12.2 Å². The van der Waals surface area contributed by atoms with Crippen molar-refractivity contribution in [3.63, 3.8) is 0 Å². The third-order valence-corrected chi connectivity index (χ3v) is 6.45. The second-order valence-electron chi connectivity index (χ2n) is 9.56. The van der Waals surface area contributed by atoms with Crippen LogP contribution in [-0.2, 0) is 4.74 Å². The van der Waals surface area contributed by atoms with Crippen LogP contribution >= 0.6 is 0 Å². The minimum absolute atomic E-state index is 0.0630. The van der Waals surface area contributed by atoms with E-state index < -0.39 is 0 Å². The van der Waals surface area contributed by atoms with Crippen molar-refractivity contribution >= 4 is 0 Å². The highest BCUT2D eigenvalue weighted by atomic mass is 16.5. The van der Waals surface area contributed by atoms with E-state index >= 15 is 0 Å². The molecule has 2 nitrogen and oxygen atoms in total. The van der Waals surface area contributed by atoms with Crippen molar-refractivity contribution < 1.29 is 9.84 Å². The molecule has 0 bridgehead atoms. The van der Waals surface area contributed by atoms with Crippen LogP contribution in [0.15, 0.2) is 0 Å². The molecule has 0 aliphatic carbocycles. The van der Waals surface area contributed by atoms with Gasteiger partial charge in [-0.15, -0.1) is 0 Å². The molecule has 0 aliphatic heterocycles. The van der Waals surface area contributed by atoms with Crippen LogP contribution < -0.4 is 0 Å². The molecule has 2 heteroatoms. The van der Waals surface area contributed by atoms with Gasteiger partial charge in [0, 0.05) is 6.61 Å². The lowest BCUT2D eigenvalue weighted by Gasteiger charge is -2.23. The highest BCUT2D eigenvalue weighted by Crippen LogP contribution is 2.18. The molecule has 2 unspecified atom stereocenters. The molecule has 0 aromatic rings. The summed E-state index contributed by atoms with van der Waals surface area (Å²) in [5.41, 5.74) is 0. The van der Waals surface area contributed by atoms with Crippen molar-refractivity contribution in [2.45, 2.75) is 174 Å². The summed E-state index contributed by atoms with van der Waals surface area (Å²) in [6.07, 6.45) is 28.3. The molecule has 1 N–H and O–H groups in total. The molecule has 0 aromatic heterocycles. The Labute approximate surface area is 191 Å². The summed E-state index contributed by atoms with van der Waals surface area (Å²) < 4.78 is 6.14. The van der Waals surface area contributed by atoms with Crippen LogP contribution in [0.3, 0.4) is 0 Å². The molecule has 0 rings (SSSR count). The maximum absolute atomic E-state index is 10.7. The van der Waals surface area contributed by atoms with Gasteiger partial charge in [0.25, 0.3) is 0 Å². The van der Waals surface area contributed by atoms with Gasteiger partial charge in [0.1, 0.15) is 0 Å². The molecule has 0 amide bonds. The summed E-state index contributed by atoms with van der Waals surface area (Å²) >= 11 is 0. The monoisotopic (exact) mass is 426 g/mol. The molecule has 2 atom stereocenters. The van der Waals surface area contributed by atoms with Crippen LogP contribution in [0.25, 0.3) is 0 Å². The van der Waals surface area contributed by atoms with Crippen molar-refractivity contribution in [2.75, 3.05) is 6.61 Å². The first-order chi connectivity index (χ1) is 14.8. The molecular weight excluding hydrogens is 368 g/mol. The fraction of sp³-hybridized carbons (Fsp3) is 1.00. The standard InChI is InChI=1S/C28H58O2/c1-4-7-10-12-14-16-17-18-20-22-24-27(29)28(25-9-6-3)30-26-23-21-19-15-13-11-8-5-2/h27-29H,4-26H2,1-3H3. The minimum Gasteiger partial charge on any atom is -0.390 e. The number of unbranched alkanes of at least 4 members (excludes halogenated alkanes) is 17. The second kappa shape index (κ2) is 25.2. The molecule has 0 saturated carbocycles. The van der Waals surface area contributed by atoms with E-state index in [0.29, 0.717) is 0 Å². The Morgan fingerprint density at radius 1 is 0.467 bits per heavy atom. The molecule has 0 aliphatic rings. The average Bonchev–Trinajstić information content (AvgIpc) is 2.75. The van der Waals surface area contributed by atoms with Gasteiger partial charge in [-0.3, -0.25) is 0 Å². The summed E-state index contributed by atoms with van der Waals surface area (Å²) in [7, 11) is 0. The van der Waals surface area contributed by atoms with Gasteiger partial charge in [-0.25, -0.2) is 0 Å². The summed E-state index contributed by atoms with van der Waals surface area (Å²) in [5.74, 6) is 0. The van der Waals surface area contributed by atoms with Gasteiger partial charge in [-0.05, 0) is 19.3 Å². The van der Waals surface area contributed by atoms with Gasteiger partial charge < -0.3 is 9.84 Å². The van der Waals surface area contributed by atoms with E-state index in [2.05, 4.69) is 20.8 Å². The van der Waals surface area contributed by atoms with Crippen LogP contribution in [-0.4, -0.2) is 23.9 Å². The predicted molar refractivity (Wildman–Crippen MR) is 134 cm³/mol. The van der Waals surface area contributed by atoms with Crippen LogP contribution in [0.4, 0.5) is 0 Å². The molecule has 182 valence electrons. The van der Waals surface area contributed by atoms with Crippen LogP contribution in [0.1, 0.15) is 162 Å². The highest BCUT2D eigenvalue weighted by Gasteiger charge is 2.18. The lowest BCUT2D eigenvalue weighted by atomic mass is 10.00. The van der Waals surface area contributed by atoms with Gasteiger partial charge >= 0.3 is 0 Å². The lowest BCUT2D eigenvalue weighted by Crippen LogP contribution is -2.29. The third kappa shape index (κ3) is 21.2. The fourth-order valence-electron chi connectivity index (χ4n) is 4.29. The Balaban J connectivity index is 3.71. The second-order valence-corrected chi connectivity index (χ2v) is 9.56. The highest BCUT2D eigenvalue weighted by molar-refractivity contribution is 4.70. The van der Waals surface area contributed by atoms with E-state index in [1.807, 2.05) is 0 Å². The van der Waals surface area contributed by atoms with Crippen LogP contribution in [0.5, 0.6) is 0 Å². The van der Waals surface area contributed by atoms with Crippen LogP contribution in [0.2, 0.25) is 0 Å². The van der Waals surface area contributed by atoms with Gasteiger partial charge in [0.2, 0.25) is 0 Å². The van der Waals surface area contributed by atoms with Crippen molar-refractivity contribution in [2.24, 2.45) is 0 Å². The maximum Gasteiger partial charge on any atom is 0.0833 e. The van der Waals surface area contributed by atoms with Gasteiger partial charge in [-0.2, -0.15) is 0 Å². The molecule has 0 heterocycles. The quantitative estimate of drug-likeness (QED) is 0.147. The zero-order valence-corrected chi connectivity index (χ0v) is 21.3. The molecule has 0 spiro atoms. The minimum atomic E-state index is -0.264. The molecule has 0 aromatic carbocycles. The summed E-state index contributed by atoms with van der Waals surface area (Å²) in [4.78, 5) is 0. The Bertz CT molecular complexity index is 305. The maximum atomic E-state index is 10.7. The average molecular weight is 427 g/mol. The zero-order chi connectivity index (χ0) is 22.1. The topological polar surface area (TPSA) is 29.5 Å². The molecule has 30 heavy (non-hydrogen) atoms. The lowest BCUT2D eigenvalue weighted by molar-refractivity contribution is -0.0472. The van der Waals surface area contributed by atoms with E-state index in [1.165, 1.54) is 109 Å². The summed E-state index contributed by atoms with van der Waals surface area (Å²) in [6.45, 7) is 7.61. The SMILES string of the molecule is CCCCCCCCCCCCC(O)C(CCCC)OCCCCCCCCCC. The first kappa shape index (κ1) is 29.9. The van der Waals surface area contributed by atoms with Crippen molar-refractivity contribution in [1.82, 2.24) is 0 Å². The Hall–Kier alpha value is -0.0800. The normalized spacial score (nSPS) is 13.6. The number of hydrogen-bond donors (Lipinski definition) is 1. The Kier molecular flexibility index (Phi) is 25.1. The van der Waals surface area contributed by atoms with Crippen molar-refractivity contribution in [3.05, 3.63) is 0 Å². The number of ether oxygens (including phenoxy) is 1. The largest absolute Gasteiger partial charge is 0.390 e. The Morgan fingerprint density at radius 2 is 0.867 bits per heavy atom. The first-order valence-electron chi connectivity index (χ1n) is 14.1. The smallest absolute Gasteiger partial charge is 0.0833 e. The number of aliphatic hydroxyl groups excluding tert-OH is 1. The van der Waals surface area contributed by atoms with E-state index in [4.69, 9.17) is 4.74 Å². The van der Waals surface area contributed by atoms with E-state index in [9.17, 15) is 5.11 Å². The van der Waals surface area contributed by atoms with E-state index in [0.717, 1.165) is 38.7 Å². The number of hydrogen-bond acceptors (Lipinski definition) is 2. The Morgan fingerprint density at radius 3 is 1.33 bits per heavy atom. The molecular formula is C28H58O2. The molecule has 0 fully saturated rings.